The first-order valence-corrected chi connectivity index (χ1v) is 7.71. The number of amides is 2. The van der Waals surface area contributed by atoms with Gasteiger partial charge in [0.2, 0.25) is 5.91 Å². The van der Waals surface area contributed by atoms with Crippen molar-refractivity contribution in [3.63, 3.8) is 0 Å². The third-order valence-electron chi connectivity index (χ3n) is 3.70. The molecule has 1 saturated carbocycles. The van der Waals surface area contributed by atoms with Gasteiger partial charge in [-0.25, -0.2) is 0 Å². The van der Waals surface area contributed by atoms with Crippen LogP contribution in [0.1, 0.15) is 13.3 Å². The number of benzene rings is 1. The maximum Gasteiger partial charge on any atom is 0.309 e. The highest BCUT2D eigenvalue weighted by Crippen LogP contribution is 2.38. The predicted molar refractivity (Wildman–Crippen MR) is 85.9 cm³/mol. The minimum absolute atomic E-state index is 0.0865. The summed E-state index contributed by atoms with van der Waals surface area (Å²) in [5, 5.41) is 3.04. The van der Waals surface area contributed by atoms with Crippen LogP contribution in [0, 0.1) is 11.8 Å². The van der Waals surface area contributed by atoms with Gasteiger partial charge in [0.15, 0.2) is 6.61 Å². The van der Waals surface area contributed by atoms with E-state index < -0.39 is 5.91 Å². The van der Waals surface area contributed by atoms with Crippen molar-refractivity contribution in [2.45, 2.75) is 13.3 Å². The fourth-order valence-electron chi connectivity index (χ4n) is 2.06. The van der Waals surface area contributed by atoms with Gasteiger partial charge in [-0.2, -0.15) is 0 Å². The Morgan fingerprint density at radius 3 is 2.61 bits per heavy atom. The normalized spacial score (nSPS) is 18.9. The highest BCUT2D eigenvalue weighted by molar-refractivity contribution is 6.33. The molecule has 0 radical (unpaired) electrons. The van der Waals surface area contributed by atoms with E-state index in [1.54, 1.807) is 24.3 Å². The van der Waals surface area contributed by atoms with Crippen LogP contribution in [0.5, 0.6) is 0 Å². The minimum atomic E-state index is -0.430. The second kappa shape index (κ2) is 7.46. The Balaban J connectivity index is 1.75. The van der Waals surface area contributed by atoms with Crippen LogP contribution in [0.15, 0.2) is 24.3 Å². The summed E-state index contributed by atoms with van der Waals surface area (Å²) in [5.41, 5.74) is 0.481. The van der Waals surface area contributed by atoms with Gasteiger partial charge < -0.3 is 15.0 Å². The number of nitrogens with zero attached hydrogens (tertiary/aromatic N) is 1. The quantitative estimate of drug-likeness (QED) is 0.804. The first-order chi connectivity index (χ1) is 10.9. The Labute approximate surface area is 139 Å². The van der Waals surface area contributed by atoms with E-state index in [1.165, 1.54) is 11.9 Å². The van der Waals surface area contributed by atoms with Crippen LogP contribution in [0.4, 0.5) is 5.69 Å². The van der Waals surface area contributed by atoms with Crippen LogP contribution < -0.4 is 5.32 Å². The third kappa shape index (κ3) is 4.96. The van der Waals surface area contributed by atoms with Crippen molar-refractivity contribution in [2.75, 3.05) is 25.5 Å². The number of carbonyl (C=O) groups excluding carboxylic acids is 3. The molecule has 2 amide bonds. The Morgan fingerprint density at radius 1 is 1.35 bits per heavy atom. The van der Waals surface area contributed by atoms with Crippen molar-refractivity contribution in [3.05, 3.63) is 29.3 Å². The topological polar surface area (TPSA) is 75.7 Å². The Hall–Kier alpha value is -2.08. The van der Waals surface area contributed by atoms with Gasteiger partial charge in [-0.05, 0) is 24.5 Å². The molecule has 1 N–H and O–H groups in total. The van der Waals surface area contributed by atoms with Crippen LogP contribution in [0.2, 0.25) is 5.02 Å². The Kier molecular flexibility index (Phi) is 5.60. The summed E-state index contributed by atoms with van der Waals surface area (Å²) in [4.78, 5) is 36.5. The first kappa shape index (κ1) is 17.3. The van der Waals surface area contributed by atoms with E-state index in [9.17, 15) is 14.4 Å². The van der Waals surface area contributed by atoms with Crippen molar-refractivity contribution < 1.29 is 19.1 Å². The highest BCUT2D eigenvalue weighted by atomic mass is 35.5. The average molecular weight is 339 g/mol. The average Bonchev–Trinajstić information content (AvgIpc) is 3.23. The minimum Gasteiger partial charge on any atom is -0.455 e. The largest absolute Gasteiger partial charge is 0.455 e. The summed E-state index contributed by atoms with van der Waals surface area (Å²) < 4.78 is 4.96. The smallest absolute Gasteiger partial charge is 0.309 e. The predicted octanol–water partition coefficient (Wildman–Crippen LogP) is 1.94. The molecule has 1 aromatic rings. The number of esters is 1. The molecular weight excluding hydrogens is 320 g/mol. The van der Waals surface area contributed by atoms with Crippen molar-refractivity contribution in [2.24, 2.45) is 11.8 Å². The van der Waals surface area contributed by atoms with E-state index in [0.29, 0.717) is 16.6 Å². The van der Waals surface area contributed by atoms with Gasteiger partial charge in [0.05, 0.1) is 23.2 Å². The molecule has 124 valence electrons. The lowest BCUT2D eigenvalue weighted by atomic mass is 10.3. The Morgan fingerprint density at radius 2 is 2.00 bits per heavy atom. The van der Waals surface area contributed by atoms with Crippen LogP contribution in [-0.4, -0.2) is 42.9 Å². The van der Waals surface area contributed by atoms with Crippen molar-refractivity contribution in [1.29, 1.82) is 0 Å². The van der Waals surface area contributed by atoms with Crippen molar-refractivity contribution in [1.82, 2.24) is 4.90 Å². The third-order valence-corrected chi connectivity index (χ3v) is 4.03. The van der Waals surface area contributed by atoms with E-state index in [4.69, 9.17) is 16.3 Å². The number of rotatable bonds is 6. The highest BCUT2D eigenvalue weighted by Gasteiger charge is 2.40. The first-order valence-electron chi connectivity index (χ1n) is 7.33. The molecule has 2 atom stereocenters. The zero-order valence-electron chi connectivity index (χ0n) is 13.0. The SMILES string of the molecule is C[C@@H]1C[C@H]1C(=O)OCC(=O)N(C)CC(=O)Nc1ccccc1Cl. The summed E-state index contributed by atoms with van der Waals surface area (Å²) in [7, 11) is 1.47. The Bertz CT molecular complexity index is 620. The molecule has 1 aliphatic rings. The van der Waals surface area contributed by atoms with Gasteiger partial charge in [0.1, 0.15) is 0 Å². The number of para-hydroxylation sites is 1. The van der Waals surface area contributed by atoms with Gasteiger partial charge >= 0.3 is 5.97 Å². The summed E-state index contributed by atoms with van der Waals surface area (Å²) in [5.74, 6) is -0.912. The number of likely N-dealkylation sites (N-methyl/N-ethyl adjacent to an activating group) is 1. The molecule has 23 heavy (non-hydrogen) atoms. The lowest BCUT2D eigenvalue weighted by Gasteiger charge is -2.17. The van der Waals surface area contributed by atoms with E-state index >= 15 is 0 Å². The summed E-state index contributed by atoms with van der Waals surface area (Å²) in [6.07, 6.45) is 0.809. The van der Waals surface area contributed by atoms with Gasteiger partial charge in [0, 0.05) is 7.05 Å². The second-order valence-electron chi connectivity index (χ2n) is 5.71. The van der Waals surface area contributed by atoms with Crippen LogP contribution >= 0.6 is 11.6 Å². The number of ether oxygens (including phenoxy) is 1. The fraction of sp³-hybridized carbons (Fsp3) is 0.438. The number of hydrogen-bond donors (Lipinski definition) is 1. The molecule has 6 nitrogen and oxygen atoms in total. The molecule has 1 aliphatic carbocycles. The zero-order valence-corrected chi connectivity index (χ0v) is 13.8. The van der Waals surface area contributed by atoms with E-state index in [2.05, 4.69) is 5.32 Å². The summed E-state index contributed by atoms with van der Waals surface area (Å²) in [6.45, 7) is 1.46. The van der Waals surface area contributed by atoms with E-state index in [0.717, 1.165) is 6.42 Å². The van der Waals surface area contributed by atoms with E-state index in [-0.39, 0.29) is 30.9 Å². The molecule has 0 unspecified atom stereocenters. The number of carbonyl (C=O) groups is 3. The molecule has 1 fully saturated rings. The monoisotopic (exact) mass is 338 g/mol. The molecule has 1 aromatic carbocycles. The van der Waals surface area contributed by atoms with E-state index in [1.807, 2.05) is 6.92 Å². The van der Waals surface area contributed by atoms with Crippen LogP contribution in [0.25, 0.3) is 0 Å². The fourth-order valence-corrected chi connectivity index (χ4v) is 2.24. The molecular formula is C16H19ClN2O4. The van der Waals surface area contributed by atoms with Crippen molar-refractivity contribution in [3.8, 4) is 0 Å². The lowest BCUT2D eigenvalue weighted by Crippen LogP contribution is -2.37. The number of hydrogen-bond acceptors (Lipinski definition) is 4. The molecule has 2 rings (SSSR count). The molecule has 0 saturated heterocycles. The molecule has 0 aliphatic heterocycles. The standard InChI is InChI=1S/C16H19ClN2O4/c1-10-7-11(10)16(22)23-9-15(21)19(2)8-14(20)18-13-6-4-3-5-12(13)17/h3-6,10-11H,7-9H2,1-2H3,(H,18,20)/t10-,11-/m1/s1. The van der Waals surface area contributed by atoms with Gasteiger partial charge in [-0.15, -0.1) is 0 Å². The summed E-state index contributed by atoms with van der Waals surface area (Å²) >= 11 is 5.95. The maximum absolute atomic E-state index is 11.9. The van der Waals surface area contributed by atoms with Gasteiger partial charge in [0.25, 0.3) is 5.91 Å². The second-order valence-corrected chi connectivity index (χ2v) is 6.11. The molecule has 0 heterocycles. The lowest BCUT2D eigenvalue weighted by molar-refractivity contribution is -0.153. The van der Waals surface area contributed by atoms with Crippen LogP contribution in [-0.2, 0) is 19.1 Å². The van der Waals surface area contributed by atoms with Gasteiger partial charge in [-0.1, -0.05) is 30.7 Å². The van der Waals surface area contributed by atoms with Crippen molar-refractivity contribution >= 4 is 35.1 Å². The van der Waals surface area contributed by atoms with Gasteiger partial charge in [-0.3, -0.25) is 14.4 Å². The zero-order chi connectivity index (χ0) is 17.0. The molecule has 0 bridgehead atoms. The number of anilines is 1. The maximum atomic E-state index is 11.9. The molecule has 7 heteroatoms. The summed E-state index contributed by atoms with van der Waals surface area (Å²) in [6, 6.07) is 6.82. The molecule has 0 spiro atoms. The van der Waals surface area contributed by atoms with Crippen LogP contribution in [0.3, 0.4) is 0 Å². The number of nitrogens with one attached hydrogen (secondary N) is 1. The number of halogens is 1. The molecule has 0 aromatic heterocycles.